The molecule has 0 fully saturated rings. The summed E-state index contributed by atoms with van der Waals surface area (Å²) in [6, 6.07) is 8.39. The highest BCUT2D eigenvalue weighted by Crippen LogP contribution is 2.26. The summed E-state index contributed by atoms with van der Waals surface area (Å²) in [5.74, 6) is -0.160. The monoisotopic (exact) mass is 326 g/mol. The second-order valence-corrected chi connectivity index (χ2v) is 4.65. The molecule has 0 aliphatic rings. The molecule has 0 atom stereocenters. The Morgan fingerprint density at radius 2 is 2.00 bits per heavy atom. The summed E-state index contributed by atoms with van der Waals surface area (Å²) in [5, 5.41) is 2.47. The smallest absolute Gasteiger partial charge is 0.431 e. The van der Waals surface area contributed by atoms with Crippen LogP contribution < -0.4 is 15.6 Å². The molecule has 1 aromatic heterocycles. The zero-order valence-electron chi connectivity index (χ0n) is 12.0. The van der Waals surface area contributed by atoms with Crippen LogP contribution in [-0.4, -0.2) is 18.0 Å². The van der Waals surface area contributed by atoms with Crippen LogP contribution in [0.4, 0.5) is 13.2 Å². The molecule has 23 heavy (non-hydrogen) atoms. The molecule has 1 amide bonds. The predicted octanol–water partition coefficient (Wildman–Crippen LogP) is 2.33. The molecule has 0 saturated carbocycles. The van der Waals surface area contributed by atoms with Gasteiger partial charge in [-0.2, -0.15) is 13.2 Å². The van der Waals surface area contributed by atoms with Crippen LogP contribution in [0.25, 0.3) is 0 Å². The molecule has 0 bridgehead atoms. The number of aromatic nitrogens is 1. The van der Waals surface area contributed by atoms with Crippen molar-refractivity contribution in [3.63, 3.8) is 0 Å². The fourth-order valence-corrected chi connectivity index (χ4v) is 1.88. The van der Waals surface area contributed by atoms with Gasteiger partial charge in [0.1, 0.15) is 17.0 Å². The van der Waals surface area contributed by atoms with Crippen LogP contribution in [0.5, 0.6) is 5.75 Å². The third-order valence-electron chi connectivity index (χ3n) is 3.05. The molecule has 0 radical (unpaired) electrons. The van der Waals surface area contributed by atoms with E-state index in [0.29, 0.717) is 11.8 Å². The van der Waals surface area contributed by atoms with E-state index in [1.165, 1.54) is 7.11 Å². The molecule has 122 valence electrons. The van der Waals surface area contributed by atoms with Crippen molar-refractivity contribution >= 4 is 5.91 Å². The summed E-state index contributed by atoms with van der Waals surface area (Å²) >= 11 is 0. The van der Waals surface area contributed by atoms with E-state index < -0.39 is 23.3 Å². The first kappa shape index (κ1) is 16.6. The molecule has 0 aliphatic carbocycles. The highest BCUT2D eigenvalue weighted by Gasteiger charge is 2.32. The number of methoxy groups -OCH3 is 1. The number of nitrogens with one attached hydrogen (secondary N) is 2. The highest BCUT2D eigenvalue weighted by atomic mass is 19.4. The Hall–Kier alpha value is -2.77. The van der Waals surface area contributed by atoms with Crippen LogP contribution >= 0.6 is 0 Å². The van der Waals surface area contributed by atoms with Gasteiger partial charge in [0.25, 0.3) is 11.5 Å². The van der Waals surface area contributed by atoms with Gasteiger partial charge in [0.2, 0.25) is 0 Å². The van der Waals surface area contributed by atoms with Gasteiger partial charge in [0, 0.05) is 6.54 Å². The molecule has 0 aliphatic heterocycles. The maximum Gasteiger partial charge on any atom is 0.431 e. The molecule has 2 aromatic rings. The SMILES string of the molecule is COc1cccc(CNC(=O)c2ccc(C(F)(F)F)[nH]c2=O)c1. The zero-order valence-corrected chi connectivity index (χ0v) is 12.0. The quantitative estimate of drug-likeness (QED) is 0.906. The van der Waals surface area contributed by atoms with Gasteiger partial charge < -0.3 is 15.0 Å². The van der Waals surface area contributed by atoms with Crippen LogP contribution in [0.2, 0.25) is 0 Å². The first-order chi connectivity index (χ1) is 10.8. The summed E-state index contributed by atoms with van der Waals surface area (Å²) in [4.78, 5) is 25.2. The fourth-order valence-electron chi connectivity index (χ4n) is 1.88. The number of ether oxygens (including phenoxy) is 1. The van der Waals surface area contributed by atoms with E-state index in [9.17, 15) is 22.8 Å². The first-order valence-corrected chi connectivity index (χ1v) is 6.53. The van der Waals surface area contributed by atoms with Crippen molar-refractivity contribution in [3.05, 3.63) is 63.6 Å². The lowest BCUT2D eigenvalue weighted by Gasteiger charge is -2.08. The third kappa shape index (κ3) is 4.12. The topological polar surface area (TPSA) is 71.2 Å². The molecule has 0 spiro atoms. The van der Waals surface area contributed by atoms with Gasteiger partial charge >= 0.3 is 6.18 Å². The van der Waals surface area contributed by atoms with Gasteiger partial charge in [-0.05, 0) is 29.8 Å². The Morgan fingerprint density at radius 1 is 1.26 bits per heavy atom. The molecule has 0 saturated heterocycles. The van der Waals surface area contributed by atoms with Crippen LogP contribution in [-0.2, 0) is 12.7 Å². The summed E-state index contributed by atoms with van der Waals surface area (Å²) in [5.41, 5.74) is -1.96. The number of pyridine rings is 1. The molecule has 2 N–H and O–H groups in total. The van der Waals surface area contributed by atoms with Crippen molar-refractivity contribution in [1.82, 2.24) is 10.3 Å². The van der Waals surface area contributed by atoms with Gasteiger partial charge in [-0.25, -0.2) is 0 Å². The Labute approximate surface area is 129 Å². The second kappa shape index (κ2) is 6.55. The number of rotatable bonds is 4. The van der Waals surface area contributed by atoms with Crippen molar-refractivity contribution in [2.45, 2.75) is 12.7 Å². The number of carbonyl (C=O) groups is 1. The zero-order chi connectivity index (χ0) is 17.0. The van der Waals surface area contributed by atoms with Crippen LogP contribution in [0.1, 0.15) is 21.6 Å². The van der Waals surface area contributed by atoms with E-state index in [2.05, 4.69) is 5.32 Å². The van der Waals surface area contributed by atoms with Gasteiger partial charge in [-0.1, -0.05) is 12.1 Å². The Balaban J connectivity index is 2.10. The number of hydrogen-bond donors (Lipinski definition) is 2. The largest absolute Gasteiger partial charge is 0.497 e. The number of H-pyrrole nitrogens is 1. The average Bonchev–Trinajstić information content (AvgIpc) is 2.51. The van der Waals surface area contributed by atoms with E-state index in [-0.39, 0.29) is 12.1 Å². The number of alkyl halides is 3. The standard InChI is InChI=1S/C15H13F3N2O3/c1-23-10-4-2-3-9(7-10)8-19-13(21)11-5-6-12(15(16,17)18)20-14(11)22/h2-7H,8H2,1H3,(H,19,21)(H,20,22). The Bertz CT molecular complexity index is 769. The van der Waals surface area contributed by atoms with E-state index in [1.807, 2.05) is 0 Å². The summed E-state index contributed by atoms with van der Waals surface area (Å²) in [7, 11) is 1.50. The third-order valence-corrected chi connectivity index (χ3v) is 3.05. The summed E-state index contributed by atoms with van der Waals surface area (Å²) in [6.45, 7) is 0.108. The maximum absolute atomic E-state index is 12.5. The summed E-state index contributed by atoms with van der Waals surface area (Å²) in [6.07, 6.45) is -4.67. The molecule has 8 heteroatoms. The van der Waals surface area contributed by atoms with Crippen LogP contribution in [0.15, 0.2) is 41.2 Å². The van der Waals surface area contributed by atoms with Gasteiger partial charge in [0.15, 0.2) is 0 Å². The van der Waals surface area contributed by atoms with Crippen molar-refractivity contribution < 1.29 is 22.7 Å². The highest BCUT2D eigenvalue weighted by molar-refractivity contribution is 5.93. The number of aromatic amines is 1. The Kier molecular flexibility index (Phi) is 4.73. The number of benzene rings is 1. The van der Waals surface area contributed by atoms with E-state index >= 15 is 0 Å². The van der Waals surface area contributed by atoms with Crippen molar-refractivity contribution in [2.75, 3.05) is 7.11 Å². The second-order valence-electron chi connectivity index (χ2n) is 4.65. The van der Waals surface area contributed by atoms with Gasteiger partial charge in [0.05, 0.1) is 7.11 Å². The van der Waals surface area contributed by atoms with E-state index in [0.717, 1.165) is 11.6 Å². The molecular formula is C15H13F3N2O3. The molecule has 2 rings (SSSR count). The van der Waals surface area contributed by atoms with Crippen LogP contribution in [0.3, 0.4) is 0 Å². The minimum Gasteiger partial charge on any atom is -0.497 e. The summed E-state index contributed by atoms with van der Waals surface area (Å²) < 4.78 is 42.4. The molecule has 1 aromatic carbocycles. The predicted molar refractivity (Wildman–Crippen MR) is 76.2 cm³/mol. The number of carbonyl (C=O) groups excluding carboxylic acids is 1. The average molecular weight is 326 g/mol. The van der Waals surface area contributed by atoms with Gasteiger partial charge in [-0.3, -0.25) is 9.59 Å². The minimum absolute atomic E-state index is 0.108. The molecule has 1 heterocycles. The van der Waals surface area contributed by atoms with Crippen molar-refractivity contribution in [2.24, 2.45) is 0 Å². The lowest BCUT2D eigenvalue weighted by Crippen LogP contribution is -2.30. The first-order valence-electron chi connectivity index (χ1n) is 6.53. The molecule has 0 unspecified atom stereocenters. The minimum atomic E-state index is -4.67. The Morgan fingerprint density at radius 3 is 2.61 bits per heavy atom. The maximum atomic E-state index is 12.5. The molecule has 5 nitrogen and oxygen atoms in total. The lowest BCUT2D eigenvalue weighted by molar-refractivity contribution is -0.141. The molecular weight excluding hydrogens is 313 g/mol. The van der Waals surface area contributed by atoms with Crippen molar-refractivity contribution in [1.29, 1.82) is 0 Å². The number of hydrogen-bond acceptors (Lipinski definition) is 3. The normalized spacial score (nSPS) is 11.1. The van der Waals surface area contributed by atoms with E-state index in [4.69, 9.17) is 4.74 Å². The van der Waals surface area contributed by atoms with Gasteiger partial charge in [-0.15, -0.1) is 0 Å². The number of amides is 1. The lowest BCUT2D eigenvalue weighted by atomic mass is 10.2. The fraction of sp³-hybridized carbons (Fsp3) is 0.200. The van der Waals surface area contributed by atoms with E-state index in [1.54, 1.807) is 29.2 Å². The van der Waals surface area contributed by atoms with Crippen LogP contribution in [0, 0.1) is 0 Å². The number of halogens is 3. The van der Waals surface area contributed by atoms with Crippen molar-refractivity contribution in [3.8, 4) is 5.75 Å².